The highest BCUT2D eigenvalue weighted by Crippen LogP contribution is 2.67. The van der Waals surface area contributed by atoms with E-state index in [-0.39, 0.29) is 34.9 Å². The molecule has 4 heterocycles. The lowest BCUT2D eigenvalue weighted by Crippen LogP contribution is -2.34. The number of ether oxygens (including phenoxy) is 4. The fourth-order valence-electron chi connectivity index (χ4n) is 20.0. The van der Waals surface area contributed by atoms with Gasteiger partial charge in [0.1, 0.15) is 66.4 Å². The number of fused-ring (bicyclic) bond motifs is 20. The van der Waals surface area contributed by atoms with E-state index in [0.29, 0.717) is 56.9 Å². The minimum absolute atomic E-state index is 0.138. The molecule has 0 amide bonds. The molecule has 16 nitrogen and oxygen atoms in total. The minimum atomic E-state index is -2.81. The van der Waals surface area contributed by atoms with Crippen LogP contribution < -0.4 is 0 Å². The minimum Gasteiger partial charge on any atom is -0.450 e. The Kier molecular flexibility index (Phi) is 20.7. The molecule has 0 aliphatic heterocycles. The molecule has 4 fully saturated rings. The Hall–Kier alpha value is -8.10. The number of aromatic nitrogens is 8. The molecule has 0 saturated heterocycles. The number of aryl methyl sites for hydroxylation is 8. The Morgan fingerprint density at radius 1 is 0.433 bits per heavy atom. The molecule has 8 aliphatic rings. The van der Waals surface area contributed by atoms with Crippen molar-refractivity contribution in [2.45, 2.75) is 217 Å². The second-order valence-electron chi connectivity index (χ2n) is 30.4. The first-order chi connectivity index (χ1) is 49.7. The first-order valence-corrected chi connectivity index (χ1v) is 37.8. The normalized spacial score (nSPS) is 26.3. The standard InChI is InChI=1S/2C21H24F2N2O2.2C20H23ClN2O2/c2*1-4-5-16-13-8-9-21(16,17-7-6-12(2)10-14(13)17)27-20(26)15-11-25(3)24-18(15)19(22)23;2*1-4-5-16-13-8-9-20(16,17-7-6-12(2)10-14(13)17)25-19(24)15-11-22-23(3)18(15)21/h2*6-7,10-11,13,16,19H,4-5,8-9H2,1-3H3;2*6-7,10-11,13,16H,4-5,8-9H2,1-3H3. The Bertz CT molecular complexity index is 4340. The van der Waals surface area contributed by atoms with Crippen molar-refractivity contribution in [3.8, 4) is 0 Å². The van der Waals surface area contributed by atoms with Crippen molar-refractivity contribution in [3.63, 3.8) is 0 Å². The van der Waals surface area contributed by atoms with Crippen molar-refractivity contribution >= 4 is 47.1 Å². The number of halogens is 6. The number of hydrogen-bond donors (Lipinski definition) is 0. The highest BCUT2D eigenvalue weighted by Gasteiger charge is 2.63. The van der Waals surface area contributed by atoms with Crippen LogP contribution in [0.2, 0.25) is 10.3 Å². The molecule has 0 spiro atoms. The van der Waals surface area contributed by atoms with Gasteiger partial charge in [0.15, 0.2) is 0 Å². The van der Waals surface area contributed by atoms with Crippen LogP contribution in [-0.2, 0) is 69.5 Å². The SMILES string of the molecule is CCCC1C2CCC1(OC(=O)c1cn(C)nc1C(F)F)c1ccc(C)cc12.CCCC1C2CCC1(OC(=O)c1cn(C)nc1C(F)F)c1ccc(C)cc12.CCCC1C2CCC1(OC(=O)c1cnn(C)c1Cl)c1ccc(C)cc12.CCCC1C2CCC1(OC(=O)c1cnn(C)c1Cl)c1ccc(C)cc12. The van der Waals surface area contributed by atoms with Gasteiger partial charge in [-0.25, -0.2) is 36.7 Å². The number of carbonyl (C=O) groups is 4. The molecule has 8 aliphatic carbocycles. The van der Waals surface area contributed by atoms with Gasteiger partial charge in [-0.3, -0.25) is 18.7 Å². The summed E-state index contributed by atoms with van der Waals surface area (Å²) < 4.78 is 83.3. The zero-order valence-corrected chi connectivity index (χ0v) is 62.9. The van der Waals surface area contributed by atoms with Gasteiger partial charge in [0.05, 0.1) is 12.4 Å². The number of alkyl halides is 4. The average Bonchev–Trinajstić information content (AvgIpc) is 1.57. The van der Waals surface area contributed by atoms with Crippen LogP contribution in [0.4, 0.5) is 17.6 Å². The predicted octanol–water partition coefficient (Wildman–Crippen LogP) is 19.5. The zero-order chi connectivity index (χ0) is 74.2. The third-order valence-electron chi connectivity index (χ3n) is 24.1. The number of nitrogens with zero attached hydrogens (tertiary/aromatic N) is 8. The first-order valence-electron chi connectivity index (χ1n) is 37.1. The second kappa shape index (κ2) is 29.0. The number of benzene rings is 4. The molecule has 4 aromatic heterocycles. The van der Waals surface area contributed by atoms with E-state index in [1.807, 2.05) is 12.1 Å². The number of rotatable bonds is 18. The van der Waals surface area contributed by atoms with Crippen LogP contribution in [0.25, 0.3) is 0 Å². The number of esters is 4. The van der Waals surface area contributed by atoms with Crippen LogP contribution >= 0.6 is 23.2 Å². The maximum Gasteiger partial charge on any atom is 0.343 e. The molecule has 8 bridgehead atoms. The van der Waals surface area contributed by atoms with Crippen LogP contribution in [0.3, 0.4) is 0 Å². The Balaban J connectivity index is 0.000000123. The molecule has 0 radical (unpaired) electrons. The van der Waals surface area contributed by atoms with Crippen molar-refractivity contribution in [3.05, 3.63) is 208 Å². The largest absolute Gasteiger partial charge is 0.450 e. The summed E-state index contributed by atoms with van der Waals surface area (Å²) in [7, 11) is 6.49. The van der Waals surface area contributed by atoms with E-state index in [9.17, 15) is 36.7 Å². The van der Waals surface area contributed by atoms with E-state index in [4.69, 9.17) is 42.1 Å². The quantitative estimate of drug-likeness (QED) is 0.0452. The van der Waals surface area contributed by atoms with Crippen molar-refractivity contribution in [2.24, 2.45) is 51.9 Å². The van der Waals surface area contributed by atoms with Crippen LogP contribution in [-0.4, -0.2) is 63.0 Å². The molecule has 552 valence electrons. The van der Waals surface area contributed by atoms with E-state index in [1.54, 1.807) is 14.1 Å². The molecule has 16 rings (SSSR count). The van der Waals surface area contributed by atoms with Crippen molar-refractivity contribution in [1.82, 2.24) is 39.1 Å². The van der Waals surface area contributed by atoms with Gasteiger partial charge in [-0.15, -0.1) is 0 Å². The van der Waals surface area contributed by atoms with Gasteiger partial charge in [0, 0.05) is 64.3 Å². The summed E-state index contributed by atoms with van der Waals surface area (Å²) in [6.45, 7) is 17.0. The lowest BCUT2D eigenvalue weighted by Gasteiger charge is -2.33. The lowest BCUT2D eigenvalue weighted by atomic mass is 9.85. The third kappa shape index (κ3) is 12.6. The topological polar surface area (TPSA) is 176 Å². The maximum absolute atomic E-state index is 13.3. The molecular formula is C82H94Cl2F4N8O8. The van der Waals surface area contributed by atoms with Crippen LogP contribution in [0, 0.1) is 51.4 Å². The smallest absolute Gasteiger partial charge is 0.343 e. The first kappa shape index (κ1) is 74.2. The number of carbonyl (C=O) groups excluding carboxylic acids is 4. The summed E-state index contributed by atoms with van der Waals surface area (Å²) in [5.41, 5.74) is 11.6. The summed E-state index contributed by atoms with van der Waals surface area (Å²) in [6, 6.07) is 25.6. The van der Waals surface area contributed by atoms with Crippen molar-refractivity contribution in [2.75, 3.05) is 0 Å². The van der Waals surface area contributed by atoms with E-state index < -0.39 is 58.6 Å². The Morgan fingerprint density at radius 2 is 0.683 bits per heavy atom. The molecule has 0 N–H and O–H groups in total. The molecule has 12 atom stereocenters. The van der Waals surface area contributed by atoms with Crippen molar-refractivity contribution in [1.29, 1.82) is 0 Å². The summed E-state index contributed by atoms with van der Waals surface area (Å²) >= 11 is 12.4. The van der Waals surface area contributed by atoms with E-state index in [1.165, 1.54) is 113 Å². The van der Waals surface area contributed by atoms with Crippen LogP contribution in [0.1, 0.15) is 287 Å². The fraction of sp³-hybridized carbons (Fsp3) is 0.512. The molecular weight excluding hydrogens is 1370 g/mol. The second-order valence-corrected chi connectivity index (χ2v) is 31.1. The van der Waals surface area contributed by atoms with Crippen molar-refractivity contribution < 1.29 is 55.7 Å². The highest BCUT2D eigenvalue weighted by molar-refractivity contribution is 6.33. The van der Waals surface area contributed by atoms with Gasteiger partial charge in [-0.2, -0.15) is 20.4 Å². The average molecular weight is 1470 g/mol. The fourth-order valence-corrected chi connectivity index (χ4v) is 20.3. The van der Waals surface area contributed by atoms with Crippen LogP contribution in [0.15, 0.2) is 97.6 Å². The highest BCUT2D eigenvalue weighted by atomic mass is 35.5. The van der Waals surface area contributed by atoms with E-state index in [0.717, 1.165) is 114 Å². The third-order valence-corrected chi connectivity index (χ3v) is 25.0. The van der Waals surface area contributed by atoms with Gasteiger partial charge in [0.25, 0.3) is 12.9 Å². The lowest BCUT2D eigenvalue weighted by molar-refractivity contribution is -0.0422. The Morgan fingerprint density at radius 3 is 0.904 bits per heavy atom. The van der Waals surface area contributed by atoms with Gasteiger partial charge in [-0.1, -0.05) is 172 Å². The molecule has 12 unspecified atom stereocenters. The van der Waals surface area contributed by atoms with Gasteiger partial charge in [0.2, 0.25) is 0 Å². The van der Waals surface area contributed by atoms with Gasteiger partial charge in [-0.05, 0) is 173 Å². The predicted molar refractivity (Wildman–Crippen MR) is 387 cm³/mol. The molecule has 4 aromatic carbocycles. The number of hydrogen-bond acceptors (Lipinski definition) is 12. The summed E-state index contributed by atoms with van der Waals surface area (Å²) in [5, 5.41) is 16.3. The van der Waals surface area contributed by atoms with E-state index >= 15 is 0 Å². The zero-order valence-electron chi connectivity index (χ0n) is 61.4. The van der Waals surface area contributed by atoms with Gasteiger partial charge >= 0.3 is 23.9 Å². The van der Waals surface area contributed by atoms with Crippen LogP contribution in [0.5, 0.6) is 0 Å². The molecule has 4 saturated carbocycles. The summed E-state index contributed by atoms with van der Waals surface area (Å²) in [5.74, 6) is 0.710. The van der Waals surface area contributed by atoms with E-state index in [2.05, 4.69) is 136 Å². The Labute approximate surface area is 615 Å². The molecule has 22 heteroatoms. The maximum atomic E-state index is 13.3. The summed E-state index contributed by atoms with van der Waals surface area (Å²) in [4.78, 5) is 51.6. The van der Waals surface area contributed by atoms with Gasteiger partial charge < -0.3 is 18.9 Å². The summed E-state index contributed by atoms with van der Waals surface area (Å²) in [6.07, 6.45) is 15.5. The molecule has 104 heavy (non-hydrogen) atoms. The monoisotopic (exact) mass is 1460 g/mol. The molecule has 8 aromatic rings.